The van der Waals surface area contributed by atoms with E-state index in [4.69, 9.17) is 10.3 Å². The normalized spacial score (nSPS) is 13.4. The second kappa shape index (κ2) is 5.93. The van der Waals surface area contributed by atoms with Gasteiger partial charge in [0.2, 0.25) is 11.7 Å². The van der Waals surface area contributed by atoms with Crippen LogP contribution in [0.4, 0.5) is 0 Å². The van der Waals surface area contributed by atoms with E-state index >= 15 is 0 Å². The van der Waals surface area contributed by atoms with Gasteiger partial charge in [-0.1, -0.05) is 32.0 Å². The minimum absolute atomic E-state index is 0.0806. The van der Waals surface area contributed by atoms with Gasteiger partial charge in [0.25, 0.3) is 0 Å². The Kier molecular flexibility index (Phi) is 4.42. The Bertz CT molecular complexity index is 613. The fourth-order valence-electron chi connectivity index (χ4n) is 2.46. The van der Waals surface area contributed by atoms with Crippen LogP contribution < -0.4 is 5.73 Å². The smallest absolute Gasteiger partial charge is 0.231 e. The average Bonchev–Trinajstić information content (AvgIpc) is 2.84. The third kappa shape index (κ3) is 3.88. The molecule has 114 valence electrons. The van der Waals surface area contributed by atoms with E-state index in [1.807, 2.05) is 20.0 Å². The molecule has 0 saturated carbocycles. The first-order chi connectivity index (χ1) is 9.80. The van der Waals surface area contributed by atoms with Crippen LogP contribution in [0.5, 0.6) is 0 Å². The molecule has 2 aromatic rings. The molecule has 0 spiro atoms. The molecule has 2 aromatic heterocycles. The Morgan fingerprint density at radius 3 is 2.57 bits per heavy atom. The number of pyridine rings is 1. The van der Waals surface area contributed by atoms with Crippen LogP contribution in [0.25, 0.3) is 11.5 Å². The Hall–Kier alpha value is -1.75. The predicted octanol–water partition coefficient (Wildman–Crippen LogP) is 3.23. The zero-order valence-electron chi connectivity index (χ0n) is 13.5. The highest BCUT2D eigenvalue weighted by atomic mass is 16.5. The van der Waals surface area contributed by atoms with Gasteiger partial charge < -0.3 is 10.3 Å². The summed E-state index contributed by atoms with van der Waals surface area (Å²) in [6.07, 6.45) is 2.72. The minimum Gasteiger partial charge on any atom is -0.339 e. The quantitative estimate of drug-likeness (QED) is 0.934. The monoisotopic (exact) mass is 288 g/mol. The number of hydrogen-bond acceptors (Lipinski definition) is 5. The van der Waals surface area contributed by atoms with Crippen molar-refractivity contribution in [2.75, 3.05) is 6.54 Å². The Morgan fingerprint density at radius 2 is 2.00 bits per heavy atom. The molecular weight excluding hydrogens is 264 g/mol. The molecule has 21 heavy (non-hydrogen) atoms. The second-order valence-electron chi connectivity index (χ2n) is 6.83. The third-order valence-electron chi connectivity index (χ3n) is 3.36. The summed E-state index contributed by atoms with van der Waals surface area (Å²) < 4.78 is 5.42. The lowest BCUT2D eigenvalue weighted by Gasteiger charge is -2.22. The molecular formula is C16H24N4O. The lowest BCUT2D eigenvalue weighted by Crippen LogP contribution is -2.19. The van der Waals surface area contributed by atoms with E-state index in [9.17, 15) is 0 Å². The fourth-order valence-corrected chi connectivity index (χ4v) is 2.46. The van der Waals surface area contributed by atoms with Crippen molar-refractivity contribution < 1.29 is 4.52 Å². The topological polar surface area (TPSA) is 77.8 Å². The SMILES string of the molecule is Cc1cnc(-c2noc(C(CN)CC(C)(C)C)n2)c(C)c1. The van der Waals surface area contributed by atoms with E-state index < -0.39 is 0 Å². The third-order valence-corrected chi connectivity index (χ3v) is 3.36. The second-order valence-corrected chi connectivity index (χ2v) is 6.83. The highest BCUT2D eigenvalue weighted by Crippen LogP contribution is 2.30. The molecule has 0 aliphatic rings. The van der Waals surface area contributed by atoms with Crippen molar-refractivity contribution in [1.82, 2.24) is 15.1 Å². The molecule has 0 aliphatic heterocycles. The van der Waals surface area contributed by atoms with Crippen molar-refractivity contribution in [1.29, 1.82) is 0 Å². The summed E-state index contributed by atoms with van der Waals surface area (Å²) in [5, 5.41) is 4.07. The van der Waals surface area contributed by atoms with Gasteiger partial charge in [-0.2, -0.15) is 4.98 Å². The number of aromatic nitrogens is 3. The number of hydrogen-bond donors (Lipinski definition) is 1. The van der Waals surface area contributed by atoms with Crippen LogP contribution in [0.2, 0.25) is 0 Å². The van der Waals surface area contributed by atoms with E-state index in [1.54, 1.807) is 0 Å². The molecule has 0 radical (unpaired) electrons. The molecule has 5 heteroatoms. The first-order valence-corrected chi connectivity index (χ1v) is 7.27. The summed E-state index contributed by atoms with van der Waals surface area (Å²) in [5.41, 5.74) is 8.96. The highest BCUT2D eigenvalue weighted by molar-refractivity contribution is 5.54. The van der Waals surface area contributed by atoms with Crippen molar-refractivity contribution in [3.05, 3.63) is 29.3 Å². The molecule has 0 aliphatic carbocycles. The van der Waals surface area contributed by atoms with Crippen molar-refractivity contribution >= 4 is 0 Å². The van der Waals surface area contributed by atoms with Crippen LogP contribution in [0.1, 0.15) is 50.1 Å². The maximum atomic E-state index is 5.87. The number of nitrogens with zero attached hydrogens (tertiary/aromatic N) is 3. The summed E-state index contributed by atoms with van der Waals surface area (Å²) in [6.45, 7) is 11.1. The highest BCUT2D eigenvalue weighted by Gasteiger charge is 2.24. The van der Waals surface area contributed by atoms with Crippen LogP contribution >= 0.6 is 0 Å². The molecule has 0 amide bonds. The molecule has 1 unspecified atom stereocenters. The molecule has 0 saturated heterocycles. The molecule has 2 rings (SSSR count). The summed E-state index contributed by atoms with van der Waals surface area (Å²) in [7, 11) is 0. The van der Waals surface area contributed by atoms with E-state index in [0.29, 0.717) is 18.3 Å². The zero-order chi connectivity index (χ0) is 15.6. The van der Waals surface area contributed by atoms with Crippen molar-refractivity contribution in [3.63, 3.8) is 0 Å². The Morgan fingerprint density at radius 1 is 1.29 bits per heavy atom. The summed E-state index contributed by atoms with van der Waals surface area (Å²) in [4.78, 5) is 8.91. The van der Waals surface area contributed by atoms with E-state index in [1.165, 1.54) is 0 Å². The zero-order valence-corrected chi connectivity index (χ0v) is 13.5. The van der Waals surface area contributed by atoms with E-state index in [0.717, 1.165) is 23.2 Å². The first-order valence-electron chi connectivity index (χ1n) is 7.27. The van der Waals surface area contributed by atoms with Gasteiger partial charge in [0.15, 0.2) is 0 Å². The minimum atomic E-state index is 0.0806. The number of nitrogens with two attached hydrogens (primary N) is 1. The van der Waals surface area contributed by atoms with Crippen LogP contribution in [-0.2, 0) is 0 Å². The van der Waals surface area contributed by atoms with E-state index in [2.05, 4.69) is 42.0 Å². The lowest BCUT2D eigenvalue weighted by atomic mass is 9.84. The van der Waals surface area contributed by atoms with Crippen LogP contribution in [-0.4, -0.2) is 21.7 Å². The fraction of sp³-hybridized carbons (Fsp3) is 0.562. The summed E-state index contributed by atoms with van der Waals surface area (Å²) in [6, 6.07) is 2.06. The maximum Gasteiger partial charge on any atom is 0.231 e. The molecule has 5 nitrogen and oxygen atoms in total. The van der Waals surface area contributed by atoms with Gasteiger partial charge in [-0.15, -0.1) is 0 Å². The van der Waals surface area contributed by atoms with Crippen LogP contribution in [0.3, 0.4) is 0 Å². The van der Waals surface area contributed by atoms with E-state index in [-0.39, 0.29) is 11.3 Å². The van der Waals surface area contributed by atoms with Gasteiger partial charge in [0.1, 0.15) is 5.69 Å². The first kappa shape index (κ1) is 15.6. The van der Waals surface area contributed by atoms with Gasteiger partial charge in [-0.05, 0) is 36.8 Å². The van der Waals surface area contributed by atoms with Gasteiger partial charge >= 0.3 is 0 Å². The Balaban J connectivity index is 2.28. The molecule has 2 heterocycles. The standard InChI is InChI=1S/C16H24N4O/c1-10-6-11(2)13(18-9-10)14-19-15(21-20-14)12(8-17)7-16(3,4)5/h6,9,12H,7-8,17H2,1-5H3. The molecule has 1 atom stereocenters. The average molecular weight is 288 g/mol. The molecule has 0 aromatic carbocycles. The number of aryl methyl sites for hydroxylation is 2. The van der Waals surface area contributed by atoms with Crippen molar-refractivity contribution in [2.24, 2.45) is 11.1 Å². The molecule has 2 N–H and O–H groups in total. The maximum absolute atomic E-state index is 5.87. The largest absolute Gasteiger partial charge is 0.339 e. The van der Waals surface area contributed by atoms with Crippen LogP contribution in [0.15, 0.2) is 16.8 Å². The lowest BCUT2D eigenvalue weighted by molar-refractivity contribution is 0.287. The molecule has 0 fully saturated rings. The molecule has 0 bridgehead atoms. The number of rotatable bonds is 4. The van der Waals surface area contributed by atoms with Gasteiger partial charge in [-0.3, -0.25) is 4.98 Å². The van der Waals surface area contributed by atoms with Crippen molar-refractivity contribution in [2.45, 2.75) is 47.0 Å². The van der Waals surface area contributed by atoms with Gasteiger partial charge in [0.05, 0.1) is 5.92 Å². The summed E-state index contributed by atoms with van der Waals surface area (Å²) in [5.74, 6) is 1.22. The summed E-state index contributed by atoms with van der Waals surface area (Å²) >= 11 is 0. The van der Waals surface area contributed by atoms with Crippen molar-refractivity contribution in [3.8, 4) is 11.5 Å². The predicted molar refractivity (Wildman–Crippen MR) is 82.9 cm³/mol. The Labute approximate surface area is 126 Å². The van der Waals surface area contributed by atoms with Gasteiger partial charge in [-0.25, -0.2) is 0 Å². The van der Waals surface area contributed by atoms with Gasteiger partial charge in [0, 0.05) is 12.7 Å². The van der Waals surface area contributed by atoms with Crippen LogP contribution in [0, 0.1) is 19.3 Å².